The number of nitrogens with one attached hydrogen (secondary N) is 1. The summed E-state index contributed by atoms with van der Waals surface area (Å²) in [5.74, 6) is 1.23. The van der Waals surface area contributed by atoms with Crippen molar-refractivity contribution in [2.24, 2.45) is 0 Å². The summed E-state index contributed by atoms with van der Waals surface area (Å²) in [7, 11) is 0. The predicted molar refractivity (Wildman–Crippen MR) is 62.4 cm³/mol. The second-order valence-corrected chi connectivity index (χ2v) is 5.99. The zero-order valence-electron chi connectivity index (χ0n) is 7.03. The van der Waals surface area contributed by atoms with E-state index in [0.717, 1.165) is 9.54 Å². The number of hydrogen-bond donors (Lipinski definition) is 2. The normalized spacial score (nSPS) is 10.6. The summed E-state index contributed by atoms with van der Waals surface area (Å²) in [6, 6.07) is 4.12. The molecule has 0 saturated heterocycles. The Morgan fingerprint density at radius 3 is 3.00 bits per heavy atom. The largest absolute Gasteiger partial charge is 0.368 e. The average molecular weight is 291 g/mol. The second kappa shape index (κ2) is 4.33. The summed E-state index contributed by atoms with van der Waals surface area (Å²) < 4.78 is 1.14. The summed E-state index contributed by atoms with van der Waals surface area (Å²) in [6.07, 6.45) is 0. The van der Waals surface area contributed by atoms with Crippen molar-refractivity contribution in [2.75, 3.05) is 5.73 Å². The Kier molecular flexibility index (Phi) is 3.09. The highest BCUT2D eigenvalue weighted by atomic mass is 79.9. The van der Waals surface area contributed by atoms with Gasteiger partial charge in [0.1, 0.15) is 0 Å². The fraction of sp³-hybridized carbons (Fsp3) is 0.143. The molecule has 0 atom stereocenters. The molecule has 4 nitrogen and oxygen atoms in total. The number of aromatic amines is 1. The van der Waals surface area contributed by atoms with Gasteiger partial charge in [-0.05, 0) is 28.1 Å². The van der Waals surface area contributed by atoms with Gasteiger partial charge in [0, 0.05) is 10.6 Å². The lowest BCUT2D eigenvalue weighted by Gasteiger charge is -1.91. The Morgan fingerprint density at radius 2 is 2.43 bits per heavy atom. The molecule has 0 aliphatic carbocycles. The summed E-state index contributed by atoms with van der Waals surface area (Å²) in [5, 5.41) is 7.22. The first kappa shape index (κ1) is 10.0. The molecule has 2 heterocycles. The molecule has 7 heteroatoms. The van der Waals surface area contributed by atoms with E-state index in [2.05, 4.69) is 37.2 Å². The molecular formula is C7H7BrN4S2. The van der Waals surface area contributed by atoms with Gasteiger partial charge in [0.25, 0.3) is 0 Å². The number of anilines is 1. The van der Waals surface area contributed by atoms with Crippen molar-refractivity contribution in [3.8, 4) is 0 Å². The number of nitrogen functional groups attached to an aromatic ring is 1. The third kappa shape index (κ3) is 2.49. The fourth-order valence-corrected chi connectivity index (χ4v) is 3.22. The van der Waals surface area contributed by atoms with E-state index in [1.165, 1.54) is 4.88 Å². The Balaban J connectivity index is 1.94. The Labute approximate surface area is 97.4 Å². The van der Waals surface area contributed by atoms with E-state index in [4.69, 9.17) is 5.73 Å². The molecular weight excluding hydrogens is 284 g/mol. The SMILES string of the molecule is Nc1nc(SCc2ccc(Br)s2)n[nH]1. The minimum Gasteiger partial charge on any atom is -0.368 e. The summed E-state index contributed by atoms with van der Waals surface area (Å²) in [6.45, 7) is 0. The van der Waals surface area contributed by atoms with Gasteiger partial charge in [-0.25, -0.2) is 5.10 Å². The summed E-state index contributed by atoms with van der Waals surface area (Å²) in [4.78, 5) is 5.28. The Hall–Kier alpha value is -0.530. The van der Waals surface area contributed by atoms with Crippen LogP contribution in [-0.4, -0.2) is 15.2 Å². The van der Waals surface area contributed by atoms with Gasteiger partial charge >= 0.3 is 0 Å². The van der Waals surface area contributed by atoms with E-state index in [1.54, 1.807) is 23.1 Å². The van der Waals surface area contributed by atoms with Crippen molar-refractivity contribution in [1.82, 2.24) is 15.2 Å². The molecule has 14 heavy (non-hydrogen) atoms. The van der Waals surface area contributed by atoms with Crippen molar-refractivity contribution in [1.29, 1.82) is 0 Å². The number of halogens is 1. The number of hydrogen-bond acceptors (Lipinski definition) is 5. The van der Waals surface area contributed by atoms with Crippen LogP contribution in [-0.2, 0) is 5.75 Å². The summed E-state index contributed by atoms with van der Waals surface area (Å²) in [5.41, 5.74) is 5.40. The predicted octanol–water partition coefficient (Wildman–Crippen LogP) is 2.50. The number of aromatic nitrogens is 3. The van der Waals surface area contributed by atoms with E-state index in [-0.39, 0.29) is 0 Å². The molecule has 0 radical (unpaired) electrons. The number of thiophene rings is 1. The number of nitrogens with two attached hydrogens (primary N) is 1. The maximum atomic E-state index is 5.40. The number of rotatable bonds is 3. The van der Waals surface area contributed by atoms with E-state index in [9.17, 15) is 0 Å². The monoisotopic (exact) mass is 290 g/mol. The van der Waals surface area contributed by atoms with Crippen LogP contribution >= 0.6 is 39.0 Å². The first-order valence-corrected chi connectivity index (χ1v) is 6.38. The van der Waals surface area contributed by atoms with Gasteiger partial charge < -0.3 is 5.73 Å². The average Bonchev–Trinajstić information content (AvgIpc) is 2.72. The van der Waals surface area contributed by atoms with Crippen LogP contribution < -0.4 is 5.73 Å². The first-order chi connectivity index (χ1) is 6.74. The van der Waals surface area contributed by atoms with Crippen LogP contribution in [0.2, 0.25) is 0 Å². The maximum absolute atomic E-state index is 5.40. The minimum atomic E-state index is 0.361. The molecule has 2 rings (SSSR count). The van der Waals surface area contributed by atoms with E-state index < -0.39 is 0 Å². The van der Waals surface area contributed by atoms with Gasteiger partial charge in [0.15, 0.2) is 0 Å². The molecule has 0 aliphatic rings. The highest BCUT2D eigenvalue weighted by Gasteiger charge is 2.03. The van der Waals surface area contributed by atoms with Crippen molar-refractivity contribution in [2.45, 2.75) is 10.9 Å². The highest BCUT2D eigenvalue weighted by molar-refractivity contribution is 9.11. The molecule has 0 unspecified atom stereocenters. The van der Waals surface area contributed by atoms with Crippen LogP contribution in [0.15, 0.2) is 21.1 Å². The van der Waals surface area contributed by atoms with Crippen molar-refractivity contribution >= 4 is 45.0 Å². The third-order valence-corrected chi connectivity index (χ3v) is 4.16. The van der Waals surface area contributed by atoms with Gasteiger partial charge in [-0.15, -0.1) is 16.4 Å². The van der Waals surface area contributed by atoms with Crippen LogP contribution in [0.5, 0.6) is 0 Å². The topological polar surface area (TPSA) is 67.6 Å². The van der Waals surface area contributed by atoms with E-state index in [1.807, 2.05) is 6.07 Å². The van der Waals surface area contributed by atoms with Crippen LogP contribution in [0.25, 0.3) is 0 Å². The van der Waals surface area contributed by atoms with Gasteiger partial charge in [0.05, 0.1) is 3.79 Å². The first-order valence-electron chi connectivity index (χ1n) is 3.79. The van der Waals surface area contributed by atoms with Gasteiger partial charge in [0.2, 0.25) is 11.1 Å². The van der Waals surface area contributed by atoms with Crippen LogP contribution in [0.3, 0.4) is 0 Å². The van der Waals surface area contributed by atoms with Crippen molar-refractivity contribution in [3.63, 3.8) is 0 Å². The van der Waals surface area contributed by atoms with Crippen LogP contribution in [0.1, 0.15) is 4.88 Å². The molecule has 0 fully saturated rings. The van der Waals surface area contributed by atoms with Gasteiger partial charge in [-0.3, -0.25) is 0 Å². The molecule has 0 aromatic carbocycles. The fourth-order valence-electron chi connectivity index (χ4n) is 0.888. The molecule has 74 valence electrons. The van der Waals surface area contributed by atoms with Crippen molar-refractivity contribution < 1.29 is 0 Å². The lowest BCUT2D eigenvalue weighted by Crippen LogP contribution is -1.85. The van der Waals surface area contributed by atoms with Gasteiger partial charge in [-0.1, -0.05) is 11.8 Å². The molecule has 0 saturated carbocycles. The van der Waals surface area contributed by atoms with Gasteiger partial charge in [-0.2, -0.15) is 4.98 Å². The third-order valence-electron chi connectivity index (χ3n) is 1.45. The quantitative estimate of drug-likeness (QED) is 0.853. The molecule has 0 bridgehead atoms. The number of thioether (sulfide) groups is 1. The Bertz CT molecular complexity index is 385. The smallest absolute Gasteiger partial charge is 0.216 e. The molecule has 2 aromatic rings. The number of H-pyrrole nitrogens is 1. The molecule has 3 N–H and O–H groups in total. The lowest BCUT2D eigenvalue weighted by atomic mass is 10.5. The second-order valence-electron chi connectivity index (χ2n) is 2.50. The van der Waals surface area contributed by atoms with Crippen LogP contribution in [0.4, 0.5) is 5.95 Å². The maximum Gasteiger partial charge on any atom is 0.216 e. The standard InChI is InChI=1S/C7H7BrN4S2/c8-5-2-1-4(14-5)3-13-7-10-6(9)11-12-7/h1-2H,3H2,(H3,9,10,11,12). The lowest BCUT2D eigenvalue weighted by molar-refractivity contribution is 0.974. The highest BCUT2D eigenvalue weighted by Crippen LogP contribution is 2.27. The number of nitrogens with zero attached hydrogens (tertiary/aromatic N) is 2. The minimum absolute atomic E-state index is 0.361. The van der Waals surface area contributed by atoms with Crippen LogP contribution in [0, 0.1) is 0 Å². The molecule has 2 aromatic heterocycles. The molecule has 0 aliphatic heterocycles. The van der Waals surface area contributed by atoms with E-state index >= 15 is 0 Å². The zero-order chi connectivity index (χ0) is 9.97. The Morgan fingerprint density at radius 1 is 1.57 bits per heavy atom. The zero-order valence-corrected chi connectivity index (χ0v) is 10.2. The van der Waals surface area contributed by atoms with Crippen molar-refractivity contribution in [3.05, 3.63) is 20.8 Å². The molecule has 0 amide bonds. The summed E-state index contributed by atoms with van der Waals surface area (Å²) >= 11 is 6.69. The molecule has 0 spiro atoms. The van der Waals surface area contributed by atoms with E-state index in [0.29, 0.717) is 11.1 Å².